The van der Waals surface area contributed by atoms with Crippen molar-refractivity contribution in [2.75, 3.05) is 5.43 Å². The zero-order valence-corrected chi connectivity index (χ0v) is 12.4. The van der Waals surface area contributed by atoms with E-state index in [1.54, 1.807) is 6.21 Å². The third-order valence-electron chi connectivity index (χ3n) is 2.19. The summed E-state index contributed by atoms with van der Waals surface area (Å²) in [5.74, 6) is -0.314. The molecule has 0 aliphatic carbocycles. The summed E-state index contributed by atoms with van der Waals surface area (Å²) in [5.41, 5.74) is 4.40. The first-order valence-electron chi connectivity index (χ1n) is 5.15. The van der Waals surface area contributed by atoms with Crippen LogP contribution in [-0.2, 0) is 0 Å². The topological polar surface area (TPSA) is 24.4 Å². The summed E-state index contributed by atoms with van der Waals surface area (Å²) in [6, 6.07) is 12.3. The van der Waals surface area contributed by atoms with Crippen LogP contribution < -0.4 is 5.43 Å². The number of hydrogen-bond acceptors (Lipinski definition) is 2. The average molecular weight is 372 g/mol. The molecule has 0 amide bonds. The molecule has 2 rings (SSSR count). The quantitative estimate of drug-likeness (QED) is 0.468. The number of halogens is 3. The molecule has 0 bridgehead atoms. The van der Waals surface area contributed by atoms with Gasteiger partial charge in [0.15, 0.2) is 0 Å². The largest absolute Gasteiger partial charge is 0.279 e. The molecule has 2 aromatic rings. The van der Waals surface area contributed by atoms with Crippen LogP contribution in [0.5, 0.6) is 0 Å². The molecule has 0 atom stereocenters. The number of hydrazone groups is 1. The summed E-state index contributed by atoms with van der Waals surface area (Å²) < 4.78 is 14.6. The van der Waals surface area contributed by atoms with E-state index in [1.165, 1.54) is 12.1 Å². The molecule has 0 aromatic heterocycles. The van der Waals surface area contributed by atoms with E-state index < -0.39 is 0 Å². The van der Waals surface area contributed by atoms with Gasteiger partial charge in [0, 0.05) is 14.5 Å². The van der Waals surface area contributed by atoms with Crippen molar-refractivity contribution in [3.05, 3.63) is 62.8 Å². The van der Waals surface area contributed by atoms with Crippen LogP contribution in [0.25, 0.3) is 0 Å². The number of anilines is 1. The smallest absolute Gasteiger partial charge is 0.125 e. The first kappa shape index (κ1) is 13.2. The number of para-hydroxylation sites is 1. The molecule has 0 aliphatic heterocycles. The predicted octanol–water partition coefficient (Wildman–Crippen LogP) is 4.80. The van der Waals surface area contributed by atoms with Gasteiger partial charge in [0.25, 0.3) is 0 Å². The van der Waals surface area contributed by atoms with E-state index >= 15 is 0 Å². The van der Waals surface area contributed by atoms with Crippen LogP contribution in [0, 0.1) is 5.82 Å². The van der Waals surface area contributed by atoms with Crippen molar-refractivity contribution in [3.8, 4) is 0 Å². The molecule has 18 heavy (non-hydrogen) atoms. The van der Waals surface area contributed by atoms with Gasteiger partial charge in [0.2, 0.25) is 0 Å². The fourth-order valence-electron chi connectivity index (χ4n) is 1.36. The van der Waals surface area contributed by atoms with E-state index in [4.69, 9.17) is 0 Å². The van der Waals surface area contributed by atoms with Crippen LogP contribution in [0.3, 0.4) is 0 Å². The standard InChI is InChI=1S/C13H9Br2FN2/c14-12-7-10(16)6-9(13(12)15)8-17-18-11-4-2-1-3-5-11/h1-8,18H. The Bertz CT molecular complexity index is 571. The van der Waals surface area contributed by atoms with Crippen molar-refractivity contribution in [3.63, 3.8) is 0 Å². The summed E-state index contributed by atoms with van der Waals surface area (Å²) in [6.07, 6.45) is 1.56. The van der Waals surface area contributed by atoms with Crippen molar-refractivity contribution in [1.29, 1.82) is 0 Å². The second-order valence-corrected chi connectivity index (χ2v) is 5.17. The lowest BCUT2D eigenvalue weighted by Gasteiger charge is -2.02. The highest BCUT2D eigenvalue weighted by Crippen LogP contribution is 2.27. The van der Waals surface area contributed by atoms with Crippen LogP contribution in [-0.4, -0.2) is 6.21 Å². The number of rotatable bonds is 3. The number of benzene rings is 2. The van der Waals surface area contributed by atoms with Gasteiger partial charge in [-0.3, -0.25) is 5.43 Å². The second-order valence-electron chi connectivity index (χ2n) is 3.53. The maximum absolute atomic E-state index is 13.2. The minimum absolute atomic E-state index is 0.314. The normalized spacial score (nSPS) is 10.8. The van der Waals surface area contributed by atoms with Crippen molar-refractivity contribution in [2.45, 2.75) is 0 Å². The minimum atomic E-state index is -0.314. The van der Waals surface area contributed by atoms with Gasteiger partial charge in [-0.05, 0) is 56.1 Å². The molecule has 0 unspecified atom stereocenters. The van der Waals surface area contributed by atoms with E-state index in [0.717, 1.165) is 10.2 Å². The van der Waals surface area contributed by atoms with Crippen LogP contribution in [0.2, 0.25) is 0 Å². The highest BCUT2D eigenvalue weighted by molar-refractivity contribution is 9.13. The summed E-state index contributed by atoms with van der Waals surface area (Å²) >= 11 is 6.63. The Hall–Kier alpha value is -1.20. The lowest BCUT2D eigenvalue weighted by atomic mass is 10.2. The van der Waals surface area contributed by atoms with E-state index in [-0.39, 0.29) is 5.82 Å². The Balaban J connectivity index is 2.15. The van der Waals surface area contributed by atoms with Gasteiger partial charge in [-0.2, -0.15) is 5.10 Å². The zero-order chi connectivity index (χ0) is 13.0. The molecule has 0 fully saturated rings. The Morgan fingerprint density at radius 1 is 1.11 bits per heavy atom. The highest BCUT2D eigenvalue weighted by atomic mass is 79.9. The molecule has 0 heterocycles. The predicted molar refractivity (Wildman–Crippen MR) is 79.5 cm³/mol. The maximum Gasteiger partial charge on any atom is 0.125 e. The third-order valence-corrected chi connectivity index (χ3v) is 4.23. The number of nitrogens with one attached hydrogen (secondary N) is 1. The van der Waals surface area contributed by atoms with Gasteiger partial charge < -0.3 is 0 Å². The van der Waals surface area contributed by atoms with E-state index in [0.29, 0.717) is 10.0 Å². The molecule has 0 saturated carbocycles. The van der Waals surface area contributed by atoms with Crippen molar-refractivity contribution in [2.24, 2.45) is 5.10 Å². The monoisotopic (exact) mass is 370 g/mol. The summed E-state index contributed by atoms with van der Waals surface area (Å²) in [4.78, 5) is 0. The van der Waals surface area contributed by atoms with Gasteiger partial charge >= 0.3 is 0 Å². The molecule has 0 spiro atoms. The van der Waals surface area contributed by atoms with E-state index in [1.807, 2.05) is 30.3 Å². The Morgan fingerprint density at radius 3 is 2.56 bits per heavy atom. The highest BCUT2D eigenvalue weighted by Gasteiger charge is 2.04. The molecule has 92 valence electrons. The van der Waals surface area contributed by atoms with Gasteiger partial charge in [0.05, 0.1) is 11.9 Å². The van der Waals surface area contributed by atoms with Crippen LogP contribution in [0.1, 0.15) is 5.56 Å². The Morgan fingerprint density at radius 2 is 1.83 bits per heavy atom. The molecule has 5 heteroatoms. The van der Waals surface area contributed by atoms with Crippen molar-refractivity contribution in [1.82, 2.24) is 0 Å². The van der Waals surface area contributed by atoms with E-state index in [9.17, 15) is 4.39 Å². The minimum Gasteiger partial charge on any atom is -0.279 e. The Kier molecular flexibility index (Phi) is 4.49. The first-order chi connectivity index (χ1) is 8.66. The number of nitrogens with zero attached hydrogens (tertiary/aromatic N) is 1. The molecule has 0 saturated heterocycles. The van der Waals surface area contributed by atoms with Gasteiger partial charge in [-0.1, -0.05) is 18.2 Å². The van der Waals surface area contributed by atoms with Crippen LogP contribution in [0.15, 0.2) is 56.5 Å². The van der Waals surface area contributed by atoms with Gasteiger partial charge in [-0.25, -0.2) is 4.39 Å². The summed E-state index contributed by atoms with van der Waals surface area (Å²) in [7, 11) is 0. The van der Waals surface area contributed by atoms with Crippen molar-refractivity contribution >= 4 is 43.8 Å². The first-order valence-corrected chi connectivity index (χ1v) is 6.74. The zero-order valence-electron chi connectivity index (χ0n) is 9.20. The second kappa shape index (κ2) is 6.11. The van der Waals surface area contributed by atoms with Crippen LogP contribution >= 0.6 is 31.9 Å². The van der Waals surface area contributed by atoms with Crippen molar-refractivity contribution < 1.29 is 4.39 Å². The lowest BCUT2D eigenvalue weighted by molar-refractivity contribution is 0.626. The fourth-order valence-corrected chi connectivity index (χ4v) is 2.14. The Labute approximate surface area is 121 Å². The van der Waals surface area contributed by atoms with E-state index in [2.05, 4.69) is 42.4 Å². The molecule has 0 aliphatic rings. The maximum atomic E-state index is 13.2. The molecular weight excluding hydrogens is 363 g/mol. The fraction of sp³-hybridized carbons (Fsp3) is 0. The molecule has 0 radical (unpaired) electrons. The van der Waals surface area contributed by atoms with Gasteiger partial charge in [-0.15, -0.1) is 0 Å². The molecule has 2 nitrogen and oxygen atoms in total. The van der Waals surface area contributed by atoms with Gasteiger partial charge in [0.1, 0.15) is 5.82 Å². The lowest BCUT2D eigenvalue weighted by Crippen LogP contribution is -1.92. The third kappa shape index (κ3) is 3.40. The summed E-state index contributed by atoms with van der Waals surface area (Å²) in [5, 5.41) is 4.06. The molecule has 1 N–H and O–H groups in total. The molecule has 2 aromatic carbocycles. The SMILES string of the molecule is Fc1cc(Br)c(Br)c(C=NNc2ccccc2)c1. The average Bonchev–Trinajstić information content (AvgIpc) is 2.36. The van der Waals surface area contributed by atoms with Crippen LogP contribution in [0.4, 0.5) is 10.1 Å². The number of hydrogen-bond donors (Lipinski definition) is 1. The molecular formula is C13H9Br2FN2. The summed E-state index contributed by atoms with van der Waals surface area (Å²) in [6.45, 7) is 0.